The van der Waals surface area contributed by atoms with E-state index in [1.807, 2.05) is 0 Å². The molecule has 9 heteroatoms. The fraction of sp³-hybridized carbons (Fsp3) is 0.364. The smallest absolute Gasteiger partial charge is 0.274 e. The Balaban J connectivity index is 1.60. The Bertz CT molecular complexity index is 1130. The summed E-state index contributed by atoms with van der Waals surface area (Å²) in [5.41, 5.74) is 4.72. The molecule has 2 amide bonds. The van der Waals surface area contributed by atoms with Gasteiger partial charge in [-0.1, -0.05) is 26.2 Å². The highest BCUT2D eigenvalue weighted by atomic mass is 16.5. The number of unbranched alkanes of at least 4 members (excludes halogenated alkanes) is 3. The molecule has 3 rings (SSSR count). The minimum absolute atomic E-state index is 0.0378. The first-order valence-corrected chi connectivity index (χ1v) is 10.2. The van der Waals surface area contributed by atoms with E-state index in [-0.39, 0.29) is 22.4 Å². The van der Waals surface area contributed by atoms with Crippen LogP contribution in [0.4, 0.5) is 0 Å². The molecule has 0 saturated carbocycles. The number of furan rings is 1. The largest absolute Gasteiger partial charge is 0.494 e. The monoisotopic (exact) mass is 426 g/mol. The van der Waals surface area contributed by atoms with Crippen LogP contribution in [-0.4, -0.2) is 28.0 Å². The average Bonchev–Trinajstić information content (AvgIpc) is 3.11. The number of nitrogens with zero attached hydrogens (tertiary/aromatic N) is 2. The third-order valence-electron chi connectivity index (χ3n) is 4.85. The number of fused-ring (bicyclic) bond motifs is 1. The van der Waals surface area contributed by atoms with Gasteiger partial charge in [0, 0.05) is 12.6 Å². The van der Waals surface area contributed by atoms with Gasteiger partial charge >= 0.3 is 0 Å². The van der Waals surface area contributed by atoms with Crippen molar-refractivity contribution in [1.29, 1.82) is 0 Å². The molecule has 2 heterocycles. The maximum Gasteiger partial charge on any atom is 0.274 e. The molecule has 9 nitrogen and oxygen atoms in total. The Kier molecular flexibility index (Phi) is 7.07. The number of nitrogens with one attached hydrogen (secondary N) is 2. The lowest BCUT2D eigenvalue weighted by molar-refractivity contribution is 0.0846. The van der Waals surface area contributed by atoms with E-state index in [0.717, 1.165) is 12.8 Å². The van der Waals surface area contributed by atoms with E-state index in [1.165, 1.54) is 30.8 Å². The maximum absolute atomic E-state index is 12.6. The number of benzene rings is 1. The molecule has 164 valence electrons. The Labute approximate surface area is 179 Å². The lowest BCUT2D eigenvalue weighted by atomic mass is 10.2. The molecule has 3 aromatic rings. The number of carbonyl (C=O) groups is 2. The van der Waals surface area contributed by atoms with E-state index >= 15 is 0 Å². The second-order valence-corrected chi connectivity index (χ2v) is 7.22. The lowest BCUT2D eigenvalue weighted by Crippen LogP contribution is -2.42. The van der Waals surface area contributed by atoms with Crippen LogP contribution in [0.1, 0.15) is 59.1 Å². The Morgan fingerprint density at radius 2 is 1.81 bits per heavy atom. The molecule has 0 atom stereocenters. The van der Waals surface area contributed by atoms with Gasteiger partial charge in [-0.15, -0.1) is 0 Å². The molecule has 2 aromatic heterocycles. The highest BCUT2D eigenvalue weighted by Gasteiger charge is 2.22. The number of carbonyl (C=O) groups excluding carboxylic acids is 2. The summed E-state index contributed by atoms with van der Waals surface area (Å²) in [6, 6.07) is 6.64. The summed E-state index contributed by atoms with van der Waals surface area (Å²) in [6.07, 6.45) is 5.79. The number of hydrazine groups is 1. The Morgan fingerprint density at radius 3 is 2.52 bits per heavy atom. The molecule has 0 saturated heterocycles. The minimum Gasteiger partial charge on any atom is -0.494 e. The van der Waals surface area contributed by atoms with Crippen molar-refractivity contribution in [3.8, 4) is 5.75 Å². The molecular weight excluding hydrogens is 400 g/mol. The minimum atomic E-state index is -0.665. The van der Waals surface area contributed by atoms with Gasteiger partial charge in [-0.3, -0.25) is 25.2 Å². The molecular formula is C22H26N4O5. The molecule has 0 spiro atoms. The molecule has 0 fully saturated rings. The molecule has 0 radical (unpaired) electrons. The molecule has 0 unspecified atom stereocenters. The number of aryl methyl sites for hydroxylation is 2. The van der Waals surface area contributed by atoms with Crippen molar-refractivity contribution >= 4 is 22.9 Å². The number of amides is 2. The predicted molar refractivity (Wildman–Crippen MR) is 115 cm³/mol. The molecule has 2 N–H and O–H groups in total. The quantitative estimate of drug-likeness (QED) is 0.423. The van der Waals surface area contributed by atoms with Gasteiger partial charge in [-0.05, 0) is 37.6 Å². The van der Waals surface area contributed by atoms with Crippen LogP contribution in [0.15, 0.2) is 39.8 Å². The summed E-state index contributed by atoms with van der Waals surface area (Å²) in [7, 11) is 1.53. The van der Waals surface area contributed by atoms with Crippen molar-refractivity contribution in [3.05, 3.63) is 57.8 Å². The lowest BCUT2D eigenvalue weighted by Gasteiger charge is -2.09. The molecule has 31 heavy (non-hydrogen) atoms. The third kappa shape index (κ3) is 5.11. The van der Waals surface area contributed by atoms with Gasteiger partial charge < -0.3 is 13.7 Å². The van der Waals surface area contributed by atoms with Crippen molar-refractivity contribution in [3.63, 3.8) is 0 Å². The molecule has 0 aliphatic rings. The summed E-state index contributed by atoms with van der Waals surface area (Å²) in [6.45, 7) is 4.34. The molecule has 0 bridgehead atoms. The topological polar surface area (TPSA) is 115 Å². The van der Waals surface area contributed by atoms with Crippen LogP contribution >= 0.6 is 0 Å². The third-order valence-corrected chi connectivity index (χ3v) is 4.85. The Morgan fingerprint density at radius 1 is 1.10 bits per heavy atom. The van der Waals surface area contributed by atoms with Crippen LogP contribution in [0.3, 0.4) is 0 Å². The first kappa shape index (κ1) is 22.1. The van der Waals surface area contributed by atoms with Gasteiger partial charge in [0.15, 0.2) is 0 Å². The molecule has 0 aliphatic heterocycles. The number of aromatic nitrogens is 2. The van der Waals surface area contributed by atoms with E-state index in [0.29, 0.717) is 17.9 Å². The van der Waals surface area contributed by atoms with Gasteiger partial charge in [0.25, 0.3) is 17.4 Å². The molecule has 1 aromatic carbocycles. The van der Waals surface area contributed by atoms with Gasteiger partial charge in [0.05, 0.1) is 12.2 Å². The molecule has 0 aliphatic carbocycles. The van der Waals surface area contributed by atoms with Gasteiger partial charge in [-0.2, -0.15) is 0 Å². The van der Waals surface area contributed by atoms with E-state index in [2.05, 4.69) is 22.8 Å². The fourth-order valence-corrected chi connectivity index (χ4v) is 3.13. The normalized spacial score (nSPS) is 10.8. The first-order chi connectivity index (χ1) is 14.9. The van der Waals surface area contributed by atoms with Gasteiger partial charge in [0.1, 0.15) is 23.2 Å². The fourth-order valence-electron chi connectivity index (χ4n) is 3.13. The second-order valence-electron chi connectivity index (χ2n) is 7.22. The number of hydrogen-bond acceptors (Lipinski definition) is 6. The van der Waals surface area contributed by atoms with E-state index in [9.17, 15) is 14.4 Å². The van der Waals surface area contributed by atoms with Gasteiger partial charge in [-0.25, -0.2) is 4.98 Å². The van der Waals surface area contributed by atoms with E-state index < -0.39 is 17.4 Å². The van der Waals surface area contributed by atoms with Crippen LogP contribution < -0.4 is 21.1 Å². The standard InChI is InChI=1S/C22H26N4O5/c1-4-5-6-7-12-30-16-10-8-15(9-11-16)19(27)24-25-20(28)17-14(2)31-21-18(17)22(29)26(3)13-23-21/h8-11,13H,4-7,12H2,1-3H3,(H,24,27)(H,25,28). The van der Waals surface area contributed by atoms with E-state index in [1.54, 1.807) is 31.2 Å². The maximum atomic E-state index is 12.6. The number of hydrogen-bond donors (Lipinski definition) is 2. The number of ether oxygens (including phenoxy) is 1. The average molecular weight is 426 g/mol. The summed E-state index contributed by atoms with van der Waals surface area (Å²) < 4.78 is 12.3. The SMILES string of the molecule is CCCCCCOc1ccc(C(=O)NNC(=O)c2c(C)oc3ncn(C)c(=O)c23)cc1. The van der Waals surface area contributed by atoms with Crippen molar-refractivity contribution in [2.24, 2.45) is 7.05 Å². The summed E-state index contributed by atoms with van der Waals surface area (Å²) in [5, 5.41) is 0.0645. The zero-order valence-corrected chi connectivity index (χ0v) is 17.9. The van der Waals surface area contributed by atoms with E-state index in [4.69, 9.17) is 9.15 Å². The zero-order valence-electron chi connectivity index (χ0n) is 17.9. The highest BCUT2D eigenvalue weighted by Crippen LogP contribution is 2.20. The van der Waals surface area contributed by atoms with Crippen molar-refractivity contribution in [1.82, 2.24) is 20.4 Å². The van der Waals surface area contributed by atoms with Crippen LogP contribution in [0.5, 0.6) is 5.75 Å². The predicted octanol–water partition coefficient (Wildman–Crippen LogP) is 2.87. The number of rotatable bonds is 8. The van der Waals surface area contributed by atoms with Crippen molar-refractivity contribution < 1.29 is 18.7 Å². The van der Waals surface area contributed by atoms with Crippen LogP contribution in [0, 0.1) is 6.92 Å². The van der Waals surface area contributed by atoms with Crippen LogP contribution in [-0.2, 0) is 7.05 Å². The zero-order chi connectivity index (χ0) is 22.4. The summed E-state index contributed by atoms with van der Waals surface area (Å²) in [4.78, 5) is 41.3. The Hall–Kier alpha value is -3.62. The summed E-state index contributed by atoms with van der Waals surface area (Å²) in [5.74, 6) is -0.250. The van der Waals surface area contributed by atoms with Crippen molar-refractivity contribution in [2.45, 2.75) is 39.5 Å². The highest BCUT2D eigenvalue weighted by molar-refractivity contribution is 6.07. The van der Waals surface area contributed by atoms with Gasteiger partial charge in [0.2, 0.25) is 5.71 Å². The summed E-state index contributed by atoms with van der Waals surface area (Å²) >= 11 is 0. The van der Waals surface area contributed by atoms with Crippen LogP contribution in [0.2, 0.25) is 0 Å². The first-order valence-electron chi connectivity index (χ1n) is 10.2. The second kappa shape index (κ2) is 9.92. The van der Waals surface area contributed by atoms with Crippen molar-refractivity contribution in [2.75, 3.05) is 6.61 Å². The van der Waals surface area contributed by atoms with Crippen LogP contribution in [0.25, 0.3) is 11.1 Å².